The molecule has 0 N–H and O–H groups in total. The van der Waals surface area contributed by atoms with Crippen LogP contribution >= 0.6 is 0 Å². The van der Waals surface area contributed by atoms with Gasteiger partial charge in [0.05, 0.1) is 26.4 Å². The molecule has 4 rings (SSSR count). The molecular weight excluding hydrogens is 929 g/mol. The quantitative estimate of drug-likeness (QED) is 0.0326. The van der Waals surface area contributed by atoms with E-state index in [1.807, 2.05) is 0 Å². The van der Waals surface area contributed by atoms with Crippen molar-refractivity contribution in [2.45, 2.75) is 247 Å². The number of ether oxygens (including phenoxy) is 4. The first kappa shape index (κ1) is 63.8. The van der Waals surface area contributed by atoms with Crippen LogP contribution in [0.25, 0.3) is 36.5 Å². The minimum atomic E-state index is 0.684. The summed E-state index contributed by atoms with van der Waals surface area (Å²) in [5, 5.41) is 0. The lowest BCUT2D eigenvalue weighted by Crippen LogP contribution is -2.07. The number of hydrogen-bond acceptors (Lipinski definition) is 4. The van der Waals surface area contributed by atoms with Crippen molar-refractivity contribution < 1.29 is 18.9 Å². The van der Waals surface area contributed by atoms with Crippen molar-refractivity contribution in [2.75, 3.05) is 26.4 Å². The van der Waals surface area contributed by atoms with E-state index in [-0.39, 0.29) is 0 Å². The molecule has 0 aliphatic heterocycles. The van der Waals surface area contributed by atoms with E-state index in [1.54, 1.807) is 0 Å². The third-order valence-electron chi connectivity index (χ3n) is 14.8. The number of unbranched alkanes of at least 4 members (excludes halogenated alkanes) is 28. The van der Waals surface area contributed by atoms with Gasteiger partial charge in [-0.15, -0.1) is 0 Å². The molecule has 0 unspecified atom stereocenters. The van der Waals surface area contributed by atoms with E-state index in [4.69, 9.17) is 18.9 Å². The normalized spacial score (nSPS) is 11.7. The Hall–Kier alpha value is -4.70. The maximum atomic E-state index is 6.70. The predicted octanol–water partition coefficient (Wildman–Crippen LogP) is 22.9. The van der Waals surface area contributed by atoms with Gasteiger partial charge in [0.15, 0.2) is 11.5 Å². The summed E-state index contributed by atoms with van der Waals surface area (Å²) in [6, 6.07) is 26.3. The molecule has 4 heteroatoms. The molecule has 0 spiro atoms. The third kappa shape index (κ3) is 28.6. The van der Waals surface area contributed by atoms with Gasteiger partial charge < -0.3 is 18.9 Å². The highest BCUT2D eigenvalue weighted by Crippen LogP contribution is 2.40. The standard InChI is InChI=1S/C72H108O4/c1-7-11-15-18-21-24-27-30-33-36-54-73-69-59-68(60-70(74-55-37-34-31-28-25-22-19-16-12-8-2)72(69)76-56-38-35-32-29-26-23-20-17-13-9-3)52-50-66-47-43-64(44-48-66)40-39-63-41-45-65(46-42-63)49-51-67-57-61(5)71(62(6)58-67)75-53-14-10-4/h39-52,57-60H,7-38,53-56H2,1-6H3/b40-39+,51-49+,52-50+. The SMILES string of the molecule is CCCCCCCCCCCCOc1cc(/C=C/c2ccc(/C=C/c3ccc(/C=C/c4cc(C)c(OCCCC)c(C)c4)cc3)cc2)cc(OCCCCCCCCCCCC)c1OCCCCCCCCCCCC. The molecule has 76 heavy (non-hydrogen) atoms. The van der Waals surface area contributed by atoms with Gasteiger partial charge in [-0.25, -0.2) is 0 Å². The average molecular weight is 1040 g/mol. The van der Waals surface area contributed by atoms with Crippen molar-refractivity contribution in [3.63, 3.8) is 0 Å². The van der Waals surface area contributed by atoms with E-state index < -0.39 is 0 Å². The fourth-order valence-corrected chi connectivity index (χ4v) is 10.00. The molecule has 0 saturated heterocycles. The fourth-order valence-electron chi connectivity index (χ4n) is 10.00. The van der Waals surface area contributed by atoms with Gasteiger partial charge in [-0.2, -0.15) is 0 Å². The second kappa shape index (κ2) is 42.3. The minimum absolute atomic E-state index is 0.684. The largest absolute Gasteiger partial charge is 0.493 e. The van der Waals surface area contributed by atoms with Crippen molar-refractivity contribution in [3.05, 3.63) is 117 Å². The Morgan fingerprint density at radius 2 is 0.487 bits per heavy atom. The summed E-state index contributed by atoms with van der Waals surface area (Å²) < 4.78 is 26.1. The summed E-state index contributed by atoms with van der Waals surface area (Å²) in [6.45, 7) is 16.2. The second-order valence-electron chi connectivity index (χ2n) is 22.0. The molecule has 4 aromatic carbocycles. The number of aryl methyl sites for hydroxylation is 2. The van der Waals surface area contributed by atoms with Crippen LogP contribution in [0, 0.1) is 13.8 Å². The van der Waals surface area contributed by atoms with Gasteiger partial charge in [0, 0.05) is 0 Å². The van der Waals surface area contributed by atoms with Crippen LogP contribution in [-0.4, -0.2) is 26.4 Å². The molecule has 0 amide bonds. The molecule has 0 fully saturated rings. The zero-order valence-corrected chi connectivity index (χ0v) is 49.5. The number of benzene rings is 4. The van der Waals surface area contributed by atoms with E-state index in [0.717, 1.165) is 72.8 Å². The molecule has 0 bridgehead atoms. The maximum absolute atomic E-state index is 6.70. The number of rotatable bonds is 46. The first-order valence-electron chi connectivity index (χ1n) is 31.5. The van der Waals surface area contributed by atoms with Gasteiger partial charge in [-0.3, -0.25) is 0 Å². The van der Waals surface area contributed by atoms with Crippen LogP contribution in [0.2, 0.25) is 0 Å². The van der Waals surface area contributed by atoms with Gasteiger partial charge in [0.25, 0.3) is 0 Å². The fraction of sp³-hybridized carbons (Fsp3) is 0.583. The Labute approximate surface area is 467 Å². The first-order valence-corrected chi connectivity index (χ1v) is 31.5. The number of hydrogen-bond donors (Lipinski definition) is 0. The monoisotopic (exact) mass is 1040 g/mol. The lowest BCUT2D eigenvalue weighted by Gasteiger charge is -2.18. The third-order valence-corrected chi connectivity index (χ3v) is 14.8. The summed E-state index contributed by atoms with van der Waals surface area (Å²) in [6.07, 6.45) is 54.6. The van der Waals surface area contributed by atoms with Crippen LogP contribution in [0.5, 0.6) is 23.0 Å². The lowest BCUT2D eigenvalue weighted by molar-refractivity contribution is 0.234. The van der Waals surface area contributed by atoms with Crippen LogP contribution in [0.15, 0.2) is 72.8 Å². The molecule has 0 heterocycles. The Morgan fingerprint density at radius 3 is 0.803 bits per heavy atom. The molecule has 0 saturated carbocycles. The highest BCUT2D eigenvalue weighted by molar-refractivity contribution is 5.76. The van der Waals surface area contributed by atoms with E-state index in [2.05, 4.69) is 151 Å². The highest BCUT2D eigenvalue weighted by atomic mass is 16.5. The van der Waals surface area contributed by atoms with E-state index >= 15 is 0 Å². The summed E-state index contributed by atoms with van der Waals surface area (Å²) in [5.41, 5.74) is 9.32. The van der Waals surface area contributed by atoms with Crippen LogP contribution in [0.3, 0.4) is 0 Å². The molecule has 0 radical (unpaired) electrons. The Morgan fingerprint density at radius 1 is 0.250 bits per heavy atom. The van der Waals surface area contributed by atoms with Crippen molar-refractivity contribution in [1.82, 2.24) is 0 Å². The van der Waals surface area contributed by atoms with E-state index in [1.165, 1.54) is 207 Å². The molecule has 0 aliphatic carbocycles. The Kier molecular flexibility index (Phi) is 35.6. The topological polar surface area (TPSA) is 36.9 Å². The Balaban J connectivity index is 1.41. The summed E-state index contributed by atoms with van der Waals surface area (Å²) >= 11 is 0. The van der Waals surface area contributed by atoms with Crippen molar-refractivity contribution in [1.29, 1.82) is 0 Å². The molecule has 0 atom stereocenters. The van der Waals surface area contributed by atoms with Gasteiger partial charge in [-0.1, -0.05) is 292 Å². The van der Waals surface area contributed by atoms with Crippen molar-refractivity contribution in [3.8, 4) is 23.0 Å². The second-order valence-corrected chi connectivity index (χ2v) is 22.0. The van der Waals surface area contributed by atoms with E-state index in [0.29, 0.717) is 19.8 Å². The Bertz CT molecular complexity index is 2070. The molecule has 4 aromatic rings. The summed E-state index contributed by atoms with van der Waals surface area (Å²) in [4.78, 5) is 0. The van der Waals surface area contributed by atoms with Crippen LogP contribution < -0.4 is 18.9 Å². The van der Waals surface area contributed by atoms with E-state index in [9.17, 15) is 0 Å². The average Bonchev–Trinajstić information content (AvgIpc) is 3.43. The van der Waals surface area contributed by atoms with Gasteiger partial charge in [-0.05, 0) is 108 Å². The minimum Gasteiger partial charge on any atom is -0.493 e. The van der Waals surface area contributed by atoms with Gasteiger partial charge in [0.1, 0.15) is 5.75 Å². The molecule has 420 valence electrons. The molecule has 0 aromatic heterocycles. The van der Waals surface area contributed by atoms with Crippen LogP contribution in [0.4, 0.5) is 0 Å². The summed E-state index contributed by atoms with van der Waals surface area (Å²) in [5.74, 6) is 3.44. The van der Waals surface area contributed by atoms with Gasteiger partial charge in [0.2, 0.25) is 5.75 Å². The van der Waals surface area contributed by atoms with Crippen molar-refractivity contribution >= 4 is 36.5 Å². The first-order chi connectivity index (χ1) is 37.4. The molecule has 0 aliphatic rings. The smallest absolute Gasteiger partial charge is 0.203 e. The van der Waals surface area contributed by atoms with Gasteiger partial charge >= 0.3 is 0 Å². The predicted molar refractivity (Wildman–Crippen MR) is 334 cm³/mol. The lowest BCUT2D eigenvalue weighted by atomic mass is 10.0. The molecule has 4 nitrogen and oxygen atoms in total. The van der Waals surface area contributed by atoms with Crippen LogP contribution in [0.1, 0.15) is 278 Å². The molecular formula is C72H108O4. The van der Waals surface area contributed by atoms with Crippen LogP contribution in [-0.2, 0) is 0 Å². The maximum Gasteiger partial charge on any atom is 0.203 e. The highest BCUT2D eigenvalue weighted by Gasteiger charge is 2.16. The van der Waals surface area contributed by atoms with Crippen molar-refractivity contribution in [2.24, 2.45) is 0 Å². The summed E-state index contributed by atoms with van der Waals surface area (Å²) in [7, 11) is 0. The zero-order valence-electron chi connectivity index (χ0n) is 49.5. The zero-order chi connectivity index (χ0) is 53.9.